The first-order chi connectivity index (χ1) is 5.26. The summed E-state index contributed by atoms with van der Waals surface area (Å²) in [6, 6.07) is 0. The lowest BCUT2D eigenvalue weighted by Gasteiger charge is -2.10. The normalized spacial score (nSPS) is 10.2. The van der Waals surface area contributed by atoms with Crippen molar-refractivity contribution in [2.24, 2.45) is 5.92 Å². The van der Waals surface area contributed by atoms with Crippen molar-refractivity contribution in [1.82, 2.24) is 0 Å². The van der Waals surface area contributed by atoms with Gasteiger partial charge in [-0.2, -0.15) is 0 Å². The van der Waals surface area contributed by atoms with Crippen LogP contribution in [-0.2, 0) is 9.53 Å². The van der Waals surface area contributed by atoms with Crippen LogP contribution in [0.1, 0.15) is 26.7 Å². The molecule has 0 aliphatic heterocycles. The second-order valence-electron chi connectivity index (χ2n) is 2.38. The van der Waals surface area contributed by atoms with Crippen LogP contribution in [0, 0.1) is 5.92 Å². The molecular weight excluding hydrogens is 160 g/mol. The standard InChI is InChI=1S/C8H16O2S/c1-4-7(5-2)8(9)10-6-11-3/h7H,4-6H2,1-3H3. The molecule has 0 rings (SSSR count). The molecule has 0 aromatic rings. The van der Waals surface area contributed by atoms with Gasteiger partial charge < -0.3 is 4.74 Å². The van der Waals surface area contributed by atoms with Crippen LogP contribution in [0.25, 0.3) is 0 Å². The van der Waals surface area contributed by atoms with Crippen LogP contribution in [0.4, 0.5) is 0 Å². The first-order valence-corrected chi connectivity index (χ1v) is 5.31. The van der Waals surface area contributed by atoms with Gasteiger partial charge in [-0.1, -0.05) is 13.8 Å². The third-order valence-corrected chi connectivity index (χ3v) is 1.99. The van der Waals surface area contributed by atoms with Crippen LogP contribution in [-0.4, -0.2) is 18.2 Å². The molecule has 0 saturated carbocycles. The van der Waals surface area contributed by atoms with Gasteiger partial charge in [0.15, 0.2) is 0 Å². The first-order valence-electron chi connectivity index (χ1n) is 3.91. The summed E-state index contributed by atoms with van der Waals surface area (Å²) in [6.45, 7) is 4.02. The lowest BCUT2D eigenvalue weighted by Crippen LogP contribution is -2.15. The summed E-state index contributed by atoms with van der Waals surface area (Å²) in [4.78, 5) is 11.1. The van der Waals surface area contributed by atoms with Crippen LogP contribution in [0.5, 0.6) is 0 Å². The number of rotatable bonds is 5. The van der Waals surface area contributed by atoms with Crippen molar-refractivity contribution < 1.29 is 9.53 Å². The molecule has 0 amide bonds. The molecule has 0 aromatic heterocycles. The van der Waals surface area contributed by atoms with Gasteiger partial charge in [0.2, 0.25) is 0 Å². The molecule has 3 heteroatoms. The van der Waals surface area contributed by atoms with Crippen molar-refractivity contribution in [3.63, 3.8) is 0 Å². The van der Waals surface area contributed by atoms with E-state index in [4.69, 9.17) is 4.74 Å². The zero-order chi connectivity index (χ0) is 8.69. The van der Waals surface area contributed by atoms with E-state index in [1.807, 2.05) is 20.1 Å². The van der Waals surface area contributed by atoms with Gasteiger partial charge in [0.1, 0.15) is 5.94 Å². The van der Waals surface area contributed by atoms with Gasteiger partial charge in [0.25, 0.3) is 0 Å². The quantitative estimate of drug-likeness (QED) is 0.475. The molecule has 0 fully saturated rings. The molecule has 0 spiro atoms. The number of ether oxygens (including phenoxy) is 1. The SMILES string of the molecule is CCC(CC)C(=O)OCSC. The Labute approximate surface area is 72.7 Å². The van der Waals surface area contributed by atoms with E-state index in [9.17, 15) is 4.79 Å². The van der Waals surface area contributed by atoms with Crippen molar-refractivity contribution in [2.45, 2.75) is 26.7 Å². The van der Waals surface area contributed by atoms with E-state index in [1.54, 1.807) is 0 Å². The van der Waals surface area contributed by atoms with E-state index < -0.39 is 0 Å². The van der Waals surface area contributed by atoms with Crippen molar-refractivity contribution in [1.29, 1.82) is 0 Å². The summed E-state index contributed by atoms with van der Waals surface area (Å²) in [5.74, 6) is 0.529. The Balaban J connectivity index is 3.61. The molecule has 0 aromatic carbocycles. The number of esters is 1. The van der Waals surface area contributed by atoms with E-state index >= 15 is 0 Å². The molecule has 66 valence electrons. The van der Waals surface area contributed by atoms with E-state index in [0.29, 0.717) is 5.94 Å². The van der Waals surface area contributed by atoms with Crippen LogP contribution in [0.15, 0.2) is 0 Å². The summed E-state index contributed by atoms with van der Waals surface area (Å²) < 4.78 is 4.96. The maximum absolute atomic E-state index is 11.1. The molecule has 11 heavy (non-hydrogen) atoms. The van der Waals surface area contributed by atoms with E-state index in [0.717, 1.165) is 12.8 Å². The Kier molecular flexibility index (Phi) is 6.42. The molecule has 0 atom stereocenters. The zero-order valence-electron chi connectivity index (χ0n) is 7.42. The van der Waals surface area contributed by atoms with Crippen LogP contribution in [0.3, 0.4) is 0 Å². The summed E-state index contributed by atoms with van der Waals surface area (Å²) in [5, 5.41) is 0. The highest BCUT2D eigenvalue weighted by atomic mass is 32.2. The Bertz CT molecular complexity index is 111. The lowest BCUT2D eigenvalue weighted by atomic mass is 10.0. The molecule has 2 nitrogen and oxygen atoms in total. The van der Waals surface area contributed by atoms with Crippen molar-refractivity contribution >= 4 is 17.7 Å². The lowest BCUT2D eigenvalue weighted by molar-refractivity contribution is -0.146. The van der Waals surface area contributed by atoms with Gasteiger partial charge in [-0.15, -0.1) is 11.8 Å². The predicted octanol–water partition coefficient (Wildman–Crippen LogP) is 2.29. The predicted molar refractivity (Wildman–Crippen MR) is 48.5 cm³/mol. The summed E-state index contributed by atoms with van der Waals surface area (Å²) in [6.07, 6.45) is 3.67. The molecule has 0 unspecified atom stereocenters. The van der Waals surface area contributed by atoms with Crippen LogP contribution in [0.2, 0.25) is 0 Å². The van der Waals surface area contributed by atoms with Gasteiger partial charge in [-0.3, -0.25) is 4.79 Å². The number of carbonyl (C=O) groups is 1. The average Bonchev–Trinajstić information content (AvgIpc) is 2.03. The molecular formula is C8H16O2S. The average molecular weight is 176 g/mol. The molecule has 0 saturated heterocycles. The Morgan fingerprint density at radius 2 is 2.00 bits per heavy atom. The molecule has 0 heterocycles. The largest absolute Gasteiger partial charge is 0.454 e. The fourth-order valence-electron chi connectivity index (χ4n) is 0.857. The number of hydrogen-bond acceptors (Lipinski definition) is 3. The molecule has 0 bridgehead atoms. The summed E-state index contributed by atoms with van der Waals surface area (Å²) in [7, 11) is 0. The Morgan fingerprint density at radius 1 is 1.45 bits per heavy atom. The van der Waals surface area contributed by atoms with Crippen molar-refractivity contribution in [2.75, 3.05) is 12.2 Å². The number of hydrogen-bond donors (Lipinski definition) is 0. The maximum Gasteiger partial charge on any atom is 0.309 e. The smallest absolute Gasteiger partial charge is 0.309 e. The van der Waals surface area contributed by atoms with Crippen LogP contribution < -0.4 is 0 Å². The maximum atomic E-state index is 11.1. The number of carbonyl (C=O) groups excluding carboxylic acids is 1. The first kappa shape index (κ1) is 10.8. The minimum Gasteiger partial charge on any atom is -0.454 e. The van der Waals surface area contributed by atoms with Gasteiger partial charge in [-0.05, 0) is 19.1 Å². The summed E-state index contributed by atoms with van der Waals surface area (Å²) in [5.41, 5.74) is 0. The van der Waals surface area contributed by atoms with Gasteiger partial charge in [0.05, 0.1) is 5.92 Å². The topological polar surface area (TPSA) is 26.3 Å². The molecule has 0 aliphatic carbocycles. The molecule has 0 N–H and O–H groups in total. The van der Waals surface area contributed by atoms with Gasteiger partial charge in [0, 0.05) is 0 Å². The third kappa shape index (κ3) is 4.30. The van der Waals surface area contributed by atoms with E-state index in [2.05, 4.69) is 0 Å². The second kappa shape index (κ2) is 6.53. The van der Waals surface area contributed by atoms with Crippen molar-refractivity contribution in [3.05, 3.63) is 0 Å². The monoisotopic (exact) mass is 176 g/mol. The fourth-order valence-corrected chi connectivity index (χ4v) is 1.09. The highest BCUT2D eigenvalue weighted by Crippen LogP contribution is 2.10. The van der Waals surface area contributed by atoms with Gasteiger partial charge >= 0.3 is 5.97 Å². The fraction of sp³-hybridized carbons (Fsp3) is 0.875. The Morgan fingerprint density at radius 3 is 2.36 bits per heavy atom. The van der Waals surface area contributed by atoms with E-state index in [-0.39, 0.29) is 11.9 Å². The summed E-state index contributed by atoms with van der Waals surface area (Å²) >= 11 is 1.53. The van der Waals surface area contributed by atoms with Crippen LogP contribution >= 0.6 is 11.8 Å². The number of thioether (sulfide) groups is 1. The highest BCUT2D eigenvalue weighted by molar-refractivity contribution is 7.98. The third-order valence-electron chi connectivity index (χ3n) is 1.64. The van der Waals surface area contributed by atoms with Crippen molar-refractivity contribution in [3.8, 4) is 0 Å². The Hall–Kier alpha value is -0.180. The molecule has 0 aliphatic rings. The minimum atomic E-state index is -0.0515. The minimum absolute atomic E-state index is 0.0515. The zero-order valence-corrected chi connectivity index (χ0v) is 8.24. The van der Waals surface area contributed by atoms with E-state index in [1.165, 1.54) is 11.8 Å². The highest BCUT2D eigenvalue weighted by Gasteiger charge is 2.14. The van der Waals surface area contributed by atoms with Gasteiger partial charge in [-0.25, -0.2) is 0 Å². The molecule has 0 radical (unpaired) electrons. The second-order valence-corrected chi connectivity index (χ2v) is 3.20.